The molecule has 0 spiro atoms. The van der Waals surface area contributed by atoms with Gasteiger partial charge < -0.3 is 0 Å². The van der Waals surface area contributed by atoms with Crippen molar-refractivity contribution >= 4 is 22.8 Å². The van der Waals surface area contributed by atoms with Crippen LogP contribution < -0.4 is 0 Å². The Morgan fingerprint density at radius 1 is 0.810 bits per heavy atom. The van der Waals surface area contributed by atoms with E-state index in [2.05, 4.69) is 26.8 Å². The van der Waals surface area contributed by atoms with Crippen LogP contribution in [-0.4, -0.2) is 11.4 Å². The highest BCUT2D eigenvalue weighted by Gasteiger charge is 2.18. The molecule has 0 unspecified atom stereocenters. The second-order valence-electron chi connectivity index (χ2n) is 6.29. The second-order valence-corrected chi connectivity index (χ2v) is 6.29. The average Bonchev–Trinajstić information content (AvgIpc) is 2.39. The Bertz CT molecular complexity index is 546. The van der Waals surface area contributed by atoms with Gasteiger partial charge in [0.2, 0.25) is 0 Å². The molecule has 2 saturated carbocycles. The highest BCUT2D eigenvalue weighted by atomic mass is 14.8. The summed E-state index contributed by atoms with van der Waals surface area (Å²) in [6.45, 7) is 6.68. The van der Waals surface area contributed by atoms with Crippen molar-refractivity contribution in [1.82, 2.24) is 0 Å². The number of nitrogens with zero attached hydrogens (tertiary/aromatic N) is 2. The van der Waals surface area contributed by atoms with Gasteiger partial charge in [-0.05, 0) is 69.4 Å². The molecule has 0 bridgehead atoms. The molecular weight excluding hydrogens is 256 g/mol. The topological polar surface area (TPSA) is 24.7 Å². The van der Waals surface area contributed by atoms with E-state index in [-0.39, 0.29) is 0 Å². The molecule has 0 amide bonds. The third-order valence-corrected chi connectivity index (χ3v) is 4.83. The summed E-state index contributed by atoms with van der Waals surface area (Å²) in [5.41, 5.74) is 9.25. The van der Waals surface area contributed by atoms with Crippen LogP contribution in [0.5, 0.6) is 0 Å². The van der Waals surface area contributed by atoms with Crippen molar-refractivity contribution in [1.29, 1.82) is 0 Å². The van der Waals surface area contributed by atoms with Gasteiger partial charge in [-0.3, -0.25) is 9.98 Å². The van der Waals surface area contributed by atoms with Gasteiger partial charge in [0.25, 0.3) is 0 Å². The zero-order valence-electron chi connectivity index (χ0n) is 13.6. The Kier molecular flexibility index (Phi) is 4.23. The fourth-order valence-electron chi connectivity index (χ4n) is 3.00. The van der Waals surface area contributed by atoms with Gasteiger partial charge in [-0.2, -0.15) is 0 Å². The molecule has 112 valence electrons. The molecule has 2 heteroatoms. The molecule has 2 fully saturated rings. The Morgan fingerprint density at radius 3 is 1.52 bits per heavy atom. The quantitative estimate of drug-likeness (QED) is 0.683. The Morgan fingerprint density at radius 2 is 1.24 bits per heavy atom. The maximum atomic E-state index is 4.97. The SMILES string of the molecule is CCc1cc(CC)c(N=C2CCC2)c(C)c1N=C1CCC1. The molecule has 0 aromatic heterocycles. The molecule has 0 heterocycles. The smallest absolute Gasteiger partial charge is 0.0711 e. The van der Waals surface area contributed by atoms with Gasteiger partial charge in [-0.1, -0.05) is 19.9 Å². The second kappa shape index (κ2) is 6.13. The first-order chi connectivity index (χ1) is 10.2. The zero-order chi connectivity index (χ0) is 14.8. The summed E-state index contributed by atoms with van der Waals surface area (Å²) in [5, 5.41) is 0. The highest BCUT2D eigenvalue weighted by Crippen LogP contribution is 2.38. The summed E-state index contributed by atoms with van der Waals surface area (Å²) < 4.78 is 0. The normalized spacial score (nSPS) is 17.3. The largest absolute Gasteiger partial charge is 0.257 e. The monoisotopic (exact) mass is 282 g/mol. The lowest BCUT2D eigenvalue weighted by molar-refractivity contribution is 0.800. The zero-order valence-corrected chi connectivity index (χ0v) is 13.6. The van der Waals surface area contributed by atoms with Gasteiger partial charge in [0, 0.05) is 17.0 Å². The van der Waals surface area contributed by atoms with Crippen LogP contribution in [0.2, 0.25) is 0 Å². The van der Waals surface area contributed by atoms with E-state index >= 15 is 0 Å². The van der Waals surface area contributed by atoms with Crippen molar-refractivity contribution in [3.8, 4) is 0 Å². The Balaban J connectivity index is 2.11. The van der Waals surface area contributed by atoms with E-state index in [0.29, 0.717) is 0 Å². The van der Waals surface area contributed by atoms with Gasteiger partial charge in [-0.15, -0.1) is 0 Å². The van der Waals surface area contributed by atoms with Gasteiger partial charge in [-0.25, -0.2) is 0 Å². The molecule has 0 saturated heterocycles. The van der Waals surface area contributed by atoms with Crippen LogP contribution in [0.4, 0.5) is 11.4 Å². The maximum absolute atomic E-state index is 4.97. The first kappa shape index (κ1) is 14.5. The molecule has 21 heavy (non-hydrogen) atoms. The summed E-state index contributed by atoms with van der Waals surface area (Å²) in [6, 6.07) is 2.35. The van der Waals surface area contributed by atoms with Crippen molar-refractivity contribution in [2.45, 2.75) is 72.1 Å². The third-order valence-electron chi connectivity index (χ3n) is 4.83. The standard InChI is InChI=1S/C19H26N2/c1-4-14-12-15(5-2)19(21-17-10-7-11-17)13(3)18(14)20-16-8-6-9-16/h12H,4-11H2,1-3H3. The van der Waals surface area contributed by atoms with Crippen LogP contribution in [0.1, 0.15) is 69.1 Å². The Labute approximate surface area is 128 Å². The highest BCUT2D eigenvalue weighted by molar-refractivity contribution is 5.94. The predicted octanol–water partition coefficient (Wildman–Crippen LogP) is 5.63. The van der Waals surface area contributed by atoms with E-state index in [1.807, 2.05) is 0 Å². The van der Waals surface area contributed by atoms with Crippen molar-refractivity contribution in [3.05, 3.63) is 22.8 Å². The first-order valence-electron chi connectivity index (χ1n) is 8.51. The van der Waals surface area contributed by atoms with Crippen LogP contribution in [0.3, 0.4) is 0 Å². The molecular formula is C19H26N2. The molecule has 2 aliphatic carbocycles. The summed E-state index contributed by atoms with van der Waals surface area (Å²) >= 11 is 0. The summed E-state index contributed by atoms with van der Waals surface area (Å²) in [6.07, 6.45) is 9.45. The lowest BCUT2D eigenvalue weighted by Gasteiger charge is -2.21. The van der Waals surface area contributed by atoms with Crippen molar-refractivity contribution in [2.24, 2.45) is 9.98 Å². The maximum Gasteiger partial charge on any atom is 0.0711 e. The summed E-state index contributed by atoms with van der Waals surface area (Å²) in [5.74, 6) is 0. The van der Waals surface area contributed by atoms with Gasteiger partial charge in [0.15, 0.2) is 0 Å². The first-order valence-corrected chi connectivity index (χ1v) is 8.51. The van der Waals surface area contributed by atoms with E-state index in [0.717, 1.165) is 12.8 Å². The number of hydrogen-bond acceptors (Lipinski definition) is 2. The van der Waals surface area contributed by atoms with E-state index in [4.69, 9.17) is 9.98 Å². The molecule has 2 nitrogen and oxygen atoms in total. The lowest BCUT2D eigenvalue weighted by Crippen LogP contribution is -2.10. The fourth-order valence-corrected chi connectivity index (χ4v) is 3.00. The number of aliphatic imine (C=N–C) groups is 2. The minimum Gasteiger partial charge on any atom is -0.257 e. The van der Waals surface area contributed by atoms with E-state index in [9.17, 15) is 0 Å². The molecule has 1 aromatic carbocycles. The van der Waals surface area contributed by atoms with Crippen LogP contribution in [0, 0.1) is 6.92 Å². The van der Waals surface area contributed by atoms with Crippen LogP contribution in [0.25, 0.3) is 0 Å². The number of hydrogen-bond donors (Lipinski definition) is 0. The van der Waals surface area contributed by atoms with Crippen molar-refractivity contribution in [3.63, 3.8) is 0 Å². The molecule has 0 aliphatic heterocycles. The number of aryl methyl sites for hydroxylation is 2. The van der Waals surface area contributed by atoms with Gasteiger partial charge >= 0.3 is 0 Å². The predicted molar refractivity (Wildman–Crippen MR) is 91.8 cm³/mol. The third kappa shape index (κ3) is 2.81. The van der Waals surface area contributed by atoms with Crippen LogP contribution >= 0.6 is 0 Å². The minimum atomic E-state index is 1.05. The van der Waals surface area contributed by atoms with Crippen LogP contribution in [0.15, 0.2) is 16.1 Å². The molecule has 0 radical (unpaired) electrons. The molecule has 3 rings (SSSR count). The van der Waals surface area contributed by atoms with Crippen LogP contribution in [-0.2, 0) is 12.8 Å². The minimum absolute atomic E-state index is 1.05. The van der Waals surface area contributed by atoms with Gasteiger partial charge in [0.1, 0.15) is 0 Å². The lowest BCUT2D eigenvalue weighted by atomic mass is 9.93. The molecule has 0 atom stereocenters. The number of benzene rings is 1. The molecule has 0 N–H and O–H groups in total. The van der Waals surface area contributed by atoms with Crippen molar-refractivity contribution in [2.75, 3.05) is 0 Å². The summed E-state index contributed by atoms with van der Waals surface area (Å²) in [4.78, 5) is 9.94. The molecule has 2 aliphatic rings. The van der Waals surface area contributed by atoms with E-state index in [1.54, 1.807) is 0 Å². The summed E-state index contributed by atoms with van der Waals surface area (Å²) in [7, 11) is 0. The fraction of sp³-hybridized carbons (Fsp3) is 0.579. The average molecular weight is 282 g/mol. The number of rotatable bonds is 4. The van der Waals surface area contributed by atoms with Crippen molar-refractivity contribution < 1.29 is 0 Å². The van der Waals surface area contributed by atoms with E-state index in [1.165, 1.54) is 78.0 Å². The van der Waals surface area contributed by atoms with E-state index < -0.39 is 0 Å². The molecule has 1 aromatic rings. The van der Waals surface area contributed by atoms with Gasteiger partial charge in [0.05, 0.1) is 11.4 Å². The Hall–Kier alpha value is -1.44.